The summed E-state index contributed by atoms with van der Waals surface area (Å²) in [5.41, 5.74) is -0.0212. The summed E-state index contributed by atoms with van der Waals surface area (Å²) in [6.07, 6.45) is 6.49. The van der Waals surface area contributed by atoms with Crippen molar-refractivity contribution in [1.82, 2.24) is 0 Å². The van der Waals surface area contributed by atoms with E-state index in [1.165, 1.54) is 25.7 Å². The summed E-state index contributed by atoms with van der Waals surface area (Å²) in [4.78, 5) is 12.2. The van der Waals surface area contributed by atoms with E-state index < -0.39 is 0 Å². The van der Waals surface area contributed by atoms with Crippen LogP contribution in [-0.2, 0) is 9.53 Å². The van der Waals surface area contributed by atoms with E-state index >= 15 is 0 Å². The average Bonchev–Trinajstić information content (AvgIpc) is 3.05. The predicted molar refractivity (Wildman–Crippen MR) is 75.2 cm³/mol. The smallest absolute Gasteiger partial charge is 0.312 e. The highest BCUT2D eigenvalue weighted by Gasteiger charge is 2.71. The molecule has 5 fully saturated rings. The van der Waals surface area contributed by atoms with Gasteiger partial charge in [-0.05, 0) is 67.6 Å². The maximum absolute atomic E-state index is 12.2. The van der Waals surface area contributed by atoms with Crippen LogP contribution in [0.2, 0.25) is 0 Å². The van der Waals surface area contributed by atoms with Crippen LogP contribution in [0.5, 0.6) is 0 Å². The van der Waals surface area contributed by atoms with Crippen molar-refractivity contribution in [2.24, 2.45) is 40.9 Å². The van der Waals surface area contributed by atoms with Gasteiger partial charge in [0, 0.05) is 3.92 Å². The number of rotatable bonds is 0. The molecule has 1 saturated heterocycles. The highest BCUT2D eigenvalue weighted by molar-refractivity contribution is 14.1. The monoisotopic (exact) mass is 358 g/mol. The molecule has 8 unspecified atom stereocenters. The Hall–Kier alpha value is 0.200. The van der Waals surface area contributed by atoms with E-state index in [9.17, 15) is 4.79 Å². The second-order valence-electron chi connectivity index (χ2n) is 7.41. The highest BCUT2D eigenvalue weighted by atomic mass is 127. The molecule has 4 saturated carbocycles. The number of hydrogen-bond donors (Lipinski definition) is 0. The van der Waals surface area contributed by atoms with Crippen LogP contribution in [0.15, 0.2) is 0 Å². The molecule has 0 amide bonds. The number of carbonyl (C=O) groups is 1. The number of hydrogen-bond acceptors (Lipinski definition) is 2. The first-order valence-corrected chi connectivity index (χ1v) is 8.76. The van der Waals surface area contributed by atoms with Crippen molar-refractivity contribution < 1.29 is 9.53 Å². The molecule has 1 aliphatic heterocycles. The fourth-order valence-electron chi connectivity index (χ4n) is 6.80. The number of ether oxygens (including phenoxy) is 1. The lowest BCUT2D eigenvalue weighted by atomic mass is 9.60. The fraction of sp³-hybridized carbons (Fsp3) is 0.933. The van der Waals surface area contributed by atoms with Crippen LogP contribution in [-0.4, -0.2) is 16.5 Å². The number of alkyl halides is 1. The van der Waals surface area contributed by atoms with E-state index in [0.717, 1.165) is 39.9 Å². The summed E-state index contributed by atoms with van der Waals surface area (Å²) in [6, 6.07) is 0. The summed E-state index contributed by atoms with van der Waals surface area (Å²) >= 11 is 2.68. The molecule has 2 nitrogen and oxygen atoms in total. The normalized spacial score (nSPS) is 63.8. The van der Waals surface area contributed by atoms with Crippen molar-refractivity contribution in [3.63, 3.8) is 0 Å². The maximum atomic E-state index is 12.2. The molecule has 1 heterocycles. The number of esters is 1. The third-order valence-corrected chi connectivity index (χ3v) is 8.57. The predicted octanol–water partition coefficient (Wildman–Crippen LogP) is 3.04. The number of halogens is 1. The van der Waals surface area contributed by atoms with Crippen LogP contribution >= 0.6 is 22.6 Å². The Labute approximate surface area is 121 Å². The van der Waals surface area contributed by atoms with Gasteiger partial charge in [-0.3, -0.25) is 4.79 Å². The van der Waals surface area contributed by atoms with E-state index in [4.69, 9.17) is 4.74 Å². The van der Waals surface area contributed by atoms with Crippen LogP contribution in [0.4, 0.5) is 0 Å². The number of carbonyl (C=O) groups excluding carboxylic acids is 1. The molecule has 4 bridgehead atoms. The SMILES string of the molecule is O=C1OCCC12CC1CC2C2C3CC(CC3I)C12. The van der Waals surface area contributed by atoms with Crippen LogP contribution in [0.3, 0.4) is 0 Å². The van der Waals surface area contributed by atoms with Gasteiger partial charge in [0.05, 0.1) is 12.0 Å². The van der Waals surface area contributed by atoms with Crippen molar-refractivity contribution in [3.05, 3.63) is 0 Å². The molecule has 3 heteroatoms. The van der Waals surface area contributed by atoms with E-state index in [2.05, 4.69) is 22.6 Å². The molecule has 98 valence electrons. The largest absolute Gasteiger partial charge is 0.465 e. The van der Waals surface area contributed by atoms with Gasteiger partial charge >= 0.3 is 5.97 Å². The summed E-state index contributed by atoms with van der Waals surface area (Å²) in [5, 5.41) is 0. The third-order valence-electron chi connectivity index (χ3n) is 7.14. The summed E-state index contributed by atoms with van der Waals surface area (Å²) in [7, 11) is 0. The molecule has 0 aromatic carbocycles. The van der Waals surface area contributed by atoms with E-state index in [1.54, 1.807) is 0 Å². The molecule has 0 N–H and O–H groups in total. The molecule has 8 atom stereocenters. The summed E-state index contributed by atoms with van der Waals surface area (Å²) in [6.45, 7) is 0.696. The Bertz CT molecular complexity index is 436. The quantitative estimate of drug-likeness (QED) is 0.288. The molecule has 0 aromatic heterocycles. The van der Waals surface area contributed by atoms with Crippen molar-refractivity contribution in [2.75, 3.05) is 6.61 Å². The first-order chi connectivity index (χ1) is 8.71. The number of fused-ring (bicyclic) bond motifs is 10. The van der Waals surface area contributed by atoms with Crippen LogP contribution in [0.1, 0.15) is 32.1 Å². The van der Waals surface area contributed by atoms with E-state index in [1.807, 2.05) is 0 Å². The van der Waals surface area contributed by atoms with E-state index in [0.29, 0.717) is 12.5 Å². The zero-order valence-electron chi connectivity index (χ0n) is 10.5. The van der Waals surface area contributed by atoms with Gasteiger partial charge < -0.3 is 4.74 Å². The topological polar surface area (TPSA) is 26.3 Å². The number of cyclic esters (lactones) is 1. The Morgan fingerprint density at radius 3 is 2.83 bits per heavy atom. The Kier molecular flexibility index (Phi) is 1.98. The van der Waals surface area contributed by atoms with Crippen LogP contribution in [0, 0.1) is 40.9 Å². The summed E-state index contributed by atoms with van der Waals surface area (Å²) in [5.74, 6) is 5.54. The molecular formula is C15H19IO2. The second kappa shape index (κ2) is 3.26. The Balaban J connectivity index is 1.57. The second-order valence-corrected chi connectivity index (χ2v) is 9.01. The van der Waals surface area contributed by atoms with Gasteiger partial charge in [0.15, 0.2) is 0 Å². The lowest BCUT2D eigenvalue weighted by molar-refractivity contribution is -0.151. The van der Waals surface area contributed by atoms with E-state index in [-0.39, 0.29) is 11.4 Å². The minimum atomic E-state index is -0.0212. The molecule has 0 aromatic rings. The minimum Gasteiger partial charge on any atom is -0.465 e. The van der Waals surface area contributed by atoms with Gasteiger partial charge in [0.2, 0.25) is 0 Å². The average molecular weight is 358 g/mol. The lowest BCUT2D eigenvalue weighted by Gasteiger charge is -2.43. The van der Waals surface area contributed by atoms with Crippen molar-refractivity contribution in [3.8, 4) is 0 Å². The Morgan fingerprint density at radius 2 is 2.06 bits per heavy atom. The standard InChI is InChI=1S/C15H19IO2/c16-11-5-7-3-9(11)13-10-4-8(12(7)13)6-15(10)1-2-18-14(15)17/h7-13H,1-6H2. The van der Waals surface area contributed by atoms with Crippen molar-refractivity contribution >= 4 is 28.6 Å². The van der Waals surface area contributed by atoms with Crippen LogP contribution in [0.25, 0.3) is 0 Å². The van der Waals surface area contributed by atoms with Gasteiger partial charge in [-0.15, -0.1) is 0 Å². The molecule has 4 aliphatic carbocycles. The fourth-order valence-corrected chi connectivity index (χ4v) is 8.23. The molecule has 0 radical (unpaired) electrons. The third kappa shape index (κ3) is 1.03. The van der Waals surface area contributed by atoms with Gasteiger partial charge in [0.25, 0.3) is 0 Å². The maximum Gasteiger partial charge on any atom is 0.312 e. The van der Waals surface area contributed by atoms with Gasteiger partial charge in [-0.2, -0.15) is 0 Å². The molecule has 18 heavy (non-hydrogen) atoms. The molecule has 5 rings (SSSR count). The van der Waals surface area contributed by atoms with Gasteiger partial charge in [-0.1, -0.05) is 22.6 Å². The zero-order valence-corrected chi connectivity index (χ0v) is 12.6. The van der Waals surface area contributed by atoms with Gasteiger partial charge in [0.1, 0.15) is 0 Å². The molecule has 1 spiro atoms. The highest BCUT2D eigenvalue weighted by Crippen LogP contribution is 2.74. The Morgan fingerprint density at radius 1 is 1.17 bits per heavy atom. The lowest BCUT2D eigenvalue weighted by Crippen LogP contribution is -2.44. The van der Waals surface area contributed by atoms with Crippen molar-refractivity contribution in [2.45, 2.75) is 36.0 Å². The van der Waals surface area contributed by atoms with Crippen molar-refractivity contribution in [1.29, 1.82) is 0 Å². The summed E-state index contributed by atoms with van der Waals surface area (Å²) < 4.78 is 6.25. The first kappa shape index (κ1) is 10.9. The van der Waals surface area contributed by atoms with Gasteiger partial charge in [-0.25, -0.2) is 0 Å². The molecule has 5 aliphatic rings. The van der Waals surface area contributed by atoms with Crippen LogP contribution < -0.4 is 0 Å². The zero-order chi connectivity index (χ0) is 12.1. The minimum absolute atomic E-state index is 0.0212. The molecular weight excluding hydrogens is 339 g/mol. The first-order valence-electron chi connectivity index (χ1n) is 7.52.